The molecule has 0 fully saturated rings. The van der Waals surface area contributed by atoms with Crippen LogP contribution < -0.4 is 16.0 Å². The molecule has 4 nitrogen and oxygen atoms in total. The topological polar surface area (TPSA) is 58.4 Å². The molecule has 1 heterocycles. The first-order valence-electron chi connectivity index (χ1n) is 5.97. The second kappa shape index (κ2) is 4.37. The molecule has 0 spiro atoms. The van der Waals surface area contributed by atoms with Crippen molar-refractivity contribution in [3.63, 3.8) is 0 Å². The van der Waals surface area contributed by atoms with Gasteiger partial charge in [0.25, 0.3) is 0 Å². The Kier molecular flexibility index (Phi) is 3.07. The zero-order valence-electron chi connectivity index (χ0n) is 10.5. The van der Waals surface area contributed by atoms with Crippen LogP contribution in [0.3, 0.4) is 0 Å². The predicted octanol–water partition coefficient (Wildman–Crippen LogP) is 1.70. The number of amides is 1. The minimum atomic E-state index is -0.157. The number of benzene rings is 1. The van der Waals surface area contributed by atoms with E-state index in [0.29, 0.717) is 6.54 Å². The zero-order chi connectivity index (χ0) is 12.6. The van der Waals surface area contributed by atoms with Gasteiger partial charge in [-0.05, 0) is 32.4 Å². The maximum absolute atomic E-state index is 11.9. The summed E-state index contributed by atoms with van der Waals surface area (Å²) >= 11 is 0. The van der Waals surface area contributed by atoms with Gasteiger partial charge in [-0.25, -0.2) is 0 Å². The highest BCUT2D eigenvalue weighted by Crippen LogP contribution is 2.36. The van der Waals surface area contributed by atoms with Crippen LogP contribution in [0.2, 0.25) is 0 Å². The van der Waals surface area contributed by atoms with E-state index >= 15 is 0 Å². The second-order valence-corrected chi connectivity index (χ2v) is 4.68. The highest BCUT2D eigenvalue weighted by Gasteiger charge is 2.32. The number of carbonyl (C=O) groups is 1. The van der Waals surface area contributed by atoms with Gasteiger partial charge in [-0.1, -0.05) is 12.1 Å². The van der Waals surface area contributed by atoms with Crippen LogP contribution in [0, 0.1) is 0 Å². The maximum Gasteiger partial charge on any atom is 0.246 e. The van der Waals surface area contributed by atoms with Gasteiger partial charge in [-0.2, -0.15) is 0 Å². The van der Waals surface area contributed by atoms with Crippen molar-refractivity contribution in [2.24, 2.45) is 5.73 Å². The van der Waals surface area contributed by atoms with Gasteiger partial charge in [0.05, 0.1) is 11.4 Å². The molecule has 0 saturated carbocycles. The van der Waals surface area contributed by atoms with Crippen LogP contribution in [0.25, 0.3) is 0 Å². The number of hydrogen-bond donors (Lipinski definition) is 2. The van der Waals surface area contributed by atoms with Crippen LogP contribution in [-0.2, 0) is 11.3 Å². The third-order valence-corrected chi connectivity index (χ3v) is 3.21. The summed E-state index contributed by atoms with van der Waals surface area (Å²) in [6.45, 7) is 6.58. The van der Waals surface area contributed by atoms with Gasteiger partial charge in [0.2, 0.25) is 5.91 Å². The lowest BCUT2D eigenvalue weighted by molar-refractivity contribution is -0.117. The molecule has 1 aliphatic rings. The summed E-state index contributed by atoms with van der Waals surface area (Å²) in [5.41, 5.74) is 8.78. The molecule has 0 aliphatic carbocycles. The number of nitrogens with zero attached hydrogens (tertiary/aromatic N) is 1. The molecule has 1 aromatic carbocycles. The Hall–Kier alpha value is -1.55. The molecular formula is C13H19N3O. The molecule has 1 atom stereocenters. The molecular weight excluding hydrogens is 214 g/mol. The lowest BCUT2D eigenvalue weighted by Crippen LogP contribution is -2.50. The van der Waals surface area contributed by atoms with E-state index in [1.54, 1.807) is 0 Å². The van der Waals surface area contributed by atoms with Crippen molar-refractivity contribution < 1.29 is 4.79 Å². The van der Waals surface area contributed by atoms with E-state index in [-0.39, 0.29) is 18.0 Å². The average Bonchev–Trinajstić information content (AvgIpc) is 2.29. The Morgan fingerprint density at radius 3 is 2.76 bits per heavy atom. The van der Waals surface area contributed by atoms with Crippen molar-refractivity contribution in [1.82, 2.24) is 0 Å². The summed E-state index contributed by atoms with van der Waals surface area (Å²) in [7, 11) is 0. The van der Waals surface area contributed by atoms with Gasteiger partial charge in [0.15, 0.2) is 0 Å². The Morgan fingerprint density at radius 2 is 2.18 bits per heavy atom. The van der Waals surface area contributed by atoms with Crippen molar-refractivity contribution in [2.75, 3.05) is 10.2 Å². The van der Waals surface area contributed by atoms with Gasteiger partial charge >= 0.3 is 0 Å². The third-order valence-electron chi connectivity index (χ3n) is 3.21. The van der Waals surface area contributed by atoms with Crippen LogP contribution in [-0.4, -0.2) is 18.0 Å². The first kappa shape index (κ1) is 11.9. The SMILES string of the molecule is CC(C)N1c2c(CN)cccc2NC(=O)C1C. The highest BCUT2D eigenvalue weighted by atomic mass is 16.2. The van der Waals surface area contributed by atoms with E-state index in [2.05, 4.69) is 24.1 Å². The molecule has 0 aromatic heterocycles. The van der Waals surface area contributed by atoms with Crippen LogP contribution in [0.1, 0.15) is 26.3 Å². The highest BCUT2D eigenvalue weighted by molar-refractivity contribution is 6.04. The van der Waals surface area contributed by atoms with Crippen molar-refractivity contribution in [1.29, 1.82) is 0 Å². The molecule has 92 valence electrons. The van der Waals surface area contributed by atoms with Gasteiger partial charge in [0.1, 0.15) is 6.04 Å². The molecule has 0 radical (unpaired) electrons. The van der Waals surface area contributed by atoms with Crippen LogP contribution in [0.5, 0.6) is 0 Å². The van der Waals surface area contributed by atoms with E-state index in [1.165, 1.54) is 0 Å². The fourth-order valence-electron chi connectivity index (χ4n) is 2.42. The van der Waals surface area contributed by atoms with E-state index in [4.69, 9.17) is 5.73 Å². The first-order chi connectivity index (χ1) is 8.06. The zero-order valence-corrected chi connectivity index (χ0v) is 10.5. The van der Waals surface area contributed by atoms with E-state index in [1.807, 2.05) is 25.1 Å². The van der Waals surface area contributed by atoms with Crippen LogP contribution in [0.15, 0.2) is 18.2 Å². The predicted molar refractivity (Wildman–Crippen MR) is 70.0 cm³/mol. The van der Waals surface area contributed by atoms with Crippen molar-refractivity contribution in [2.45, 2.75) is 39.4 Å². The van der Waals surface area contributed by atoms with E-state index in [9.17, 15) is 4.79 Å². The Labute approximate surface area is 102 Å². The molecule has 0 saturated heterocycles. The number of hydrogen-bond acceptors (Lipinski definition) is 3. The monoisotopic (exact) mass is 233 g/mol. The third kappa shape index (κ3) is 1.89. The summed E-state index contributed by atoms with van der Waals surface area (Å²) in [6, 6.07) is 5.97. The lowest BCUT2D eigenvalue weighted by atomic mass is 10.0. The number of anilines is 2. The molecule has 0 bridgehead atoms. The molecule has 1 aromatic rings. The van der Waals surface area contributed by atoms with E-state index < -0.39 is 0 Å². The smallest absolute Gasteiger partial charge is 0.246 e. The summed E-state index contributed by atoms with van der Waals surface area (Å²) in [5.74, 6) is 0.0420. The second-order valence-electron chi connectivity index (χ2n) is 4.68. The Bertz CT molecular complexity index is 442. The van der Waals surface area contributed by atoms with Crippen LogP contribution >= 0.6 is 0 Å². The van der Waals surface area contributed by atoms with Crippen molar-refractivity contribution in [3.05, 3.63) is 23.8 Å². The maximum atomic E-state index is 11.9. The fraction of sp³-hybridized carbons (Fsp3) is 0.462. The summed E-state index contributed by atoms with van der Waals surface area (Å²) in [6.07, 6.45) is 0. The molecule has 4 heteroatoms. The van der Waals surface area contributed by atoms with Crippen molar-refractivity contribution >= 4 is 17.3 Å². The summed E-state index contributed by atoms with van der Waals surface area (Å²) in [4.78, 5) is 14.0. The first-order valence-corrected chi connectivity index (χ1v) is 5.97. The summed E-state index contributed by atoms with van der Waals surface area (Å²) < 4.78 is 0. The molecule has 1 unspecified atom stereocenters. The largest absolute Gasteiger partial charge is 0.355 e. The molecule has 3 N–H and O–H groups in total. The standard InChI is InChI=1S/C13H19N3O/c1-8(2)16-9(3)13(17)15-11-6-4-5-10(7-14)12(11)16/h4-6,8-9H,7,14H2,1-3H3,(H,15,17). The molecule has 1 aliphatic heterocycles. The number of fused-ring (bicyclic) bond motifs is 1. The quantitative estimate of drug-likeness (QED) is 0.817. The Balaban J connectivity index is 2.59. The number of para-hydroxylation sites is 1. The molecule has 1 amide bonds. The molecule has 2 rings (SSSR count). The number of nitrogens with one attached hydrogen (secondary N) is 1. The Morgan fingerprint density at radius 1 is 1.47 bits per heavy atom. The lowest BCUT2D eigenvalue weighted by Gasteiger charge is -2.40. The number of nitrogens with two attached hydrogens (primary N) is 1. The minimum absolute atomic E-state index is 0.0420. The number of rotatable bonds is 2. The van der Waals surface area contributed by atoms with Gasteiger partial charge in [0, 0.05) is 12.6 Å². The number of carbonyl (C=O) groups excluding carboxylic acids is 1. The fourth-order valence-corrected chi connectivity index (χ4v) is 2.42. The van der Waals surface area contributed by atoms with E-state index in [0.717, 1.165) is 16.9 Å². The van der Waals surface area contributed by atoms with Crippen molar-refractivity contribution in [3.8, 4) is 0 Å². The van der Waals surface area contributed by atoms with Crippen LogP contribution in [0.4, 0.5) is 11.4 Å². The minimum Gasteiger partial charge on any atom is -0.355 e. The summed E-state index contributed by atoms with van der Waals surface area (Å²) in [5, 5.41) is 2.93. The normalized spacial score (nSPS) is 19.2. The van der Waals surface area contributed by atoms with Gasteiger partial charge in [-0.3, -0.25) is 4.79 Å². The van der Waals surface area contributed by atoms with Gasteiger partial charge in [-0.15, -0.1) is 0 Å². The van der Waals surface area contributed by atoms with Gasteiger partial charge < -0.3 is 16.0 Å². The average molecular weight is 233 g/mol. The molecule has 17 heavy (non-hydrogen) atoms.